The van der Waals surface area contributed by atoms with Gasteiger partial charge >= 0.3 is 0 Å². The quantitative estimate of drug-likeness (QED) is 0.384. The molecule has 1 aliphatic rings. The molecule has 0 amide bonds. The molecule has 4 heteroatoms. The molecule has 0 radical (unpaired) electrons. The summed E-state index contributed by atoms with van der Waals surface area (Å²) in [6.07, 6.45) is 0. The Morgan fingerprint density at radius 2 is 1.29 bits per heavy atom. The summed E-state index contributed by atoms with van der Waals surface area (Å²) >= 11 is 0. The van der Waals surface area contributed by atoms with E-state index in [-0.39, 0.29) is 22.3 Å². The van der Waals surface area contributed by atoms with Gasteiger partial charge in [-0.15, -0.1) is 0 Å². The number of hydrogen-bond acceptors (Lipinski definition) is 4. The molecule has 0 fully saturated rings. The second-order valence-electron chi connectivity index (χ2n) is 11.2. The maximum Gasteiger partial charge on any atom is 0.134 e. The van der Waals surface area contributed by atoms with Crippen molar-refractivity contribution in [2.45, 2.75) is 59.3 Å². The van der Waals surface area contributed by atoms with Crippen molar-refractivity contribution in [1.82, 2.24) is 0 Å². The zero-order chi connectivity index (χ0) is 25.0. The lowest BCUT2D eigenvalue weighted by atomic mass is 9.76. The Morgan fingerprint density at radius 1 is 0.735 bits per heavy atom. The second-order valence-corrected chi connectivity index (χ2v) is 11.2. The molecule has 4 rings (SSSR count). The molecule has 1 heterocycles. The Hall–Kier alpha value is -3.40. The smallest absolute Gasteiger partial charge is 0.134 e. The second kappa shape index (κ2) is 8.12. The predicted octanol–water partition coefficient (Wildman–Crippen LogP) is 7.06. The van der Waals surface area contributed by atoms with E-state index in [0.717, 1.165) is 39.0 Å². The van der Waals surface area contributed by atoms with Gasteiger partial charge in [-0.25, -0.2) is 0 Å². The van der Waals surface area contributed by atoms with Gasteiger partial charge in [-0.1, -0.05) is 53.7 Å². The summed E-state index contributed by atoms with van der Waals surface area (Å²) in [5.74, 6) is 1.41. The molecule has 0 unspecified atom stereocenters. The van der Waals surface area contributed by atoms with Gasteiger partial charge in [0.25, 0.3) is 0 Å². The number of hydrogen-bond donors (Lipinski definition) is 3. The maximum atomic E-state index is 11.2. The van der Waals surface area contributed by atoms with Gasteiger partial charge in [0.2, 0.25) is 0 Å². The van der Waals surface area contributed by atoms with Crippen LogP contribution < -0.4 is 4.74 Å². The van der Waals surface area contributed by atoms with Gasteiger partial charge in [-0.05, 0) is 70.9 Å². The minimum absolute atomic E-state index is 0.196. The molecule has 0 aliphatic carbocycles. The largest absolute Gasteiger partial charge is 0.508 e. The van der Waals surface area contributed by atoms with Crippen LogP contribution >= 0.6 is 0 Å². The first kappa shape index (κ1) is 23.7. The lowest BCUT2D eigenvalue weighted by Crippen LogP contribution is -2.19. The minimum Gasteiger partial charge on any atom is -0.508 e. The highest BCUT2D eigenvalue weighted by molar-refractivity contribution is 6.02. The number of ether oxygens (including phenoxy) is 1. The summed E-state index contributed by atoms with van der Waals surface area (Å²) in [7, 11) is 0. The number of aromatic hydroxyl groups is 3. The Kier molecular flexibility index (Phi) is 5.67. The first-order chi connectivity index (χ1) is 15.8. The van der Waals surface area contributed by atoms with Crippen molar-refractivity contribution in [3.05, 3.63) is 81.9 Å². The number of fused-ring (bicyclic) bond motifs is 1. The Morgan fingerprint density at radius 3 is 1.82 bits per heavy atom. The first-order valence-corrected chi connectivity index (χ1v) is 11.7. The van der Waals surface area contributed by atoms with Crippen molar-refractivity contribution in [3.63, 3.8) is 0 Å². The van der Waals surface area contributed by atoms with Crippen molar-refractivity contribution in [3.8, 4) is 23.0 Å². The molecule has 0 spiro atoms. The fourth-order valence-corrected chi connectivity index (χ4v) is 4.58. The Labute approximate surface area is 202 Å². The molecule has 1 aliphatic heterocycles. The van der Waals surface area contributed by atoms with E-state index in [1.54, 1.807) is 18.2 Å². The van der Waals surface area contributed by atoms with E-state index >= 15 is 0 Å². The lowest BCUT2D eigenvalue weighted by Gasteiger charge is -2.31. The molecule has 3 aromatic rings. The number of benzene rings is 3. The van der Waals surface area contributed by atoms with Crippen molar-refractivity contribution < 1.29 is 20.1 Å². The molecular formula is C30H34O4. The fraction of sp³-hybridized carbons (Fsp3) is 0.333. The molecule has 3 aromatic carbocycles. The van der Waals surface area contributed by atoms with Crippen LogP contribution in [0.2, 0.25) is 0 Å². The van der Waals surface area contributed by atoms with Crippen LogP contribution in [0.3, 0.4) is 0 Å². The Bertz CT molecular complexity index is 1250. The summed E-state index contributed by atoms with van der Waals surface area (Å²) in [6.45, 7) is 14.8. The van der Waals surface area contributed by atoms with E-state index in [4.69, 9.17) is 4.74 Å². The topological polar surface area (TPSA) is 69.9 Å². The highest BCUT2D eigenvalue weighted by Gasteiger charge is 2.30. The van der Waals surface area contributed by atoms with Gasteiger partial charge in [0.15, 0.2) is 0 Å². The average molecular weight is 459 g/mol. The van der Waals surface area contributed by atoms with Crippen LogP contribution in [0.25, 0.3) is 11.1 Å². The van der Waals surface area contributed by atoms with Crippen LogP contribution in [0.4, 0.5) is 0 Å². The molecule has 0 bridgehead atoms. The molecule has 34 heavy (non-hydrogen) atoms. The number of phenols is 3. The first-order valence-electron chi connectivity index (χ1n) is 11.7. The molecule has 3 N–H and O–H groups in total. The third kappa shape index (κ3) is 4.13. The number of rotatable bonds is 2. The van der Waals surface area contributed by atoms with Gasteiger partial charge in [-0.3, -0.25) is 0 Å². The van der Waals surface area contributed by atoms with E-state index in [1.165, 1.54) is 0 Å². The van der Waals surface area contributed by atoms with Crippen LogP contribution in [0.5, 0.6) is 23.0 Å². The third-order valence-electron chi connectivity index (χ3n) is 6.54. The van der Waals surface area contributed by atoms with E-state index in [9.17, 15) is 15.3 Å². The van der Waals surface area contributed by atoms with E-state index in [0.29, 0.717) is 23.7 Å². The van der Waals surface area contributed by atoms with Crippen LogP contribution in [0.1, 0.15) is 74.9 Å². The van der Waals surface area contributed by atoms with E-state index in [1.807, 2.05) is 25.1 Å². The lowest BCUT2D eigenvalue weighted by molar-refractivity contribution is 0.357. The SMILES string of the molecule is Cc1c(O)ccc2c1OCC(c1cc(C(C)(C)C)c(O)c(C(C)(C)C)c1)=C2c1ccc(O)cc1. The van der Waals surface area contributed by atoms with Crippen LogP contribution in [-0.2, 0) is 10.8 Å². The van der Waals surface area contributed by atoms with Crippen molar-refractivity contribution in [2.75, 3.05) is 6.61 Å². The van der Waals surface area contributed by atoms with E-state index in [2.05, 4.69) is 53.7 Å². The third-order valence-corrected chi connectivity index (χ3v) is 6.54. The maximum absolute atomic E-state index is 11.2. The normalized spacial score (nSPS) is 14.1. The van der Waals surface area contributed by atoms with Gasteiger partial charge in [-0.2, -0.15) is 0 Å². The standard InChI is InChI=1S/C30H34O4/c1-17-25(32)13-12-21-26(18-8-10-20(31)11-9-18)22(16-34-28(17)21)19-14-23(29(2,3)4)27(33)24(15-19)30(5,6)7/h8-15,31-33H,16H2,1-7H3. The van der Waals surface area contributed by atoms with Gasteiger partial charge in [0.1, 0.15) is 29.6 Å². The van der Waals surface area contributed by atoms with Crippen LogP contribution in [0, 0.1) is 6.92 Å². The zero-order valence-electron chi connectivity index (χ0n) is 21.1. The Balaban J connectivity index is 2.09. The molecule has 0 saturated heterocycles. The molecular weight excluding hydrogens is 424 g/mol. The highest BCUT2D eigenvalue weighted by Crippen LogP contribution is 2.47. The molecule has 0 atom stereocenters. The predicted molar refractivity (Wildman–Crippen MR) is 138 cm³/mol. The summed E-state index contributed by atoms with van der Waals surface area (Å²) in [5.41, 5.74) is 6.80. The molecule has 0 aromatic heterocycles. The molecule has 178 valence electrons. The van der Waals surface area contributed by atoms with Crippen LogP contribution in [-0.4, -0.2) is 21.9 Å². The van der Waals surface area contributed by atoms with E-state index < -0.39 is 0 Å². The fourth-order valence-electron chi connectivity index (χ4n) is 4.58. The van der Waals surface area contributed by atoms with Crippen molar-refractivity contribution >= 4 is 11.1 Å². The average Bonchev–Trinajstić information content (AvgIpc) is 2.75. The number of phenolic OH excluding ortho intramolecular Hbond substituents is 3. The molecule has 0 saturated carbocycles. The van der Waals surface area contributed by atoms with Crippen LogP contribution in [0.15, 0.2) is 48.5 Å². The van der Waals surface area contributed by atoms with Gasteiger partial charge in [0, 0.05) is 27.8 Å². The summed E-state index contributed by atoms with van der Waals surface area (Å²) in [6, 6.07) is 14.9. The summed E-state index contributed by atoms with van der Waals surface area (Å²) in [5, 5.41) is 31.4. The summed E-state index contributed by atoms with van der Waals surface area (Å²) < 4.78 is 6.23. The zero-order valence-corrected chi connectivity index (χ0v) is 21.1. The highest BCUT2D eigenvalue weighted by atomic mass is 16.5. The van der Waals surface area contributed by atoms with Gasteiger partial charge in [0.05, 0.1) is 0 Å². The molecule has 4 nitrogen and oxygen atoms in total. The van der Waals surface area contributed by atoms with Crippen molar-refractivity contribution in [1.29, 1.82) is 0 Å². The summed E-state index contributed by atoms with van der Waals surface area (Å²) in [4.78, 5) is 0. The van der Waals surface area contributed by atoms with Gasteiger partial charge < -0.3 is 20.1 Å². The monoisotopic (exact) mass is 458 g/mol. The van der Waals surface area contributed by atoms with Crippen molar-refractivity contribution in [2.24, 2.45) is 0 Å². The minimum atomic E-state index is -0.255.